The number of rotatable bonds is 3. The Kier molecular flexibility index (Phi) is 4.74. The molecule has 188 valence electrons. The van der Waals surface area contributed by atoms with Gasteiger partial charge >= 0.3 is 0 Å². The lowest BCUT2D eigenvalue weighted by atomic mass is 10.0. The molecule has 4 aromatic rings. The average molecular weight is 503 g/mol. The second-order valence-electron chi connectivity index (χ2n) is 9.84. The van der Waals surface area contributed by atoms with Crippen LogP contribution in [0, 0.1) is 0 Å². The number of carbonyl (C=O) groups is 1. The molecule has 1 amide bonds. The van der Waals surface area contributed by atoms with Gasteiger partial charge in [-0.15, -0.1) is 0 Å². The molecule has 1 saturated heterocycles. The number of pyridine rings is 3. The number of nitrogens with zero attached hydrogens (tertiary/aromatic N) is 5. The van der Waals surface area contributed by atoms with Crippen LogP contribution in [-0.4, -0.2) is 50.5 Å². The average Bonchev–Trinajstić information content (AvgIpc) is 3.51. The van der Waals surface area contributed by atoms with E-state index < -0.39 is 5.92 Å². The molecule has 7 rings (SSSR count). The summed E-state index contributed by atoms with van der Waals surface area (Å²) in [5, 5.41) is 10.4. The monoisotopic (exact) mass is 502 g/mol. The maximum Gasteiger partial charge on any atom is 0.267 e. The Bertz CT molecular complexity index is 1580. The third-order valence-electron chi connectivity index (χ3n) is 7.43. The molecule has 0 saturated carbocycles. The molecule has 7 heterocycles. The minimum Gasteiger partial charge on any atom is -0.359 e. The Labute approximate surface area is 210 Å². The van der Waals surface area contributed by atoms with Crippen molar-refractivity contribution in [2.24, 2.45) is 7.05 Å². The first-order valence-corrected chi connectivity index (χ1v) is 12.2. The number of nitrogens with one attached hydrogen (secondary N) is 3. The van der Waals surface area contributed by atoms with Gasteiger partial charge in [-0.05, 0) is 24.3 Å². The van der Waals surface area contributed by atoms with E-state index in [4.69, 9.17) is 9.97 Å². The summed E-state index contributed by atoms with van der Waals surface area (Å²) in [4.78, 5) is 28.6. The smallest absolute Gasteiger partial charge is 0.267 e. The van der Waals surface area contributed by atoms with Crippen molar-refractivity contribution in [3.05, 3.63) is 59.7 Å². The lowest BCUT2D eigenvalue weighted by molar-refractivity contribution is 0.0223. The van der Waals surface area contributed by atoms with Gasteiger partial charge in [-0.2, -0.15) is 0 Å². The van der Waals surface area contributed by atoms with E-state index in [0.717, 1.165) is 33.5 Å². The Balaban J connectivity index is 1.26. The maximum atomic E-state index is 14.1. The number of aryl methyl sites for hydroxylation is 1. The van der Waals surface area contributed by atoms with Gasteiger partial charge in [0.15, 0.2) is 0 Å². The van der Waals surface area contributed by atoms with Gasteiger partial charge < -0.3 is 25.4 Å². The van der Waals surface area contributed by atoms with Gasteiger partial charge in [0.1, 0.15) is 11.5 Å². The highest BCUT2D eigenvalue weighted by Gasteiger charge is 2.46. The second kappa shape index (κ2) is 7.94. The lowest BCUT2D eigenvalue weighted by Gasteiger charge is -2.24. The van der Waals surface area contributed by atoms with Crippen molar-refractivity contribution in [3.8, 4) is 11.3 Å². The molecule has 11 heteroatoms. The number of fused-ring (bicyclic) bond motifs is 5. The van der Waals surface area contributed by atoms with E-state index in [1.54, 1.807) is 23.4 Å². The molecule has 0 aromatic carbocycles. The minimum absolute atomic E-state index is 0.161. The van der Waals surface area contributed by atoms with Crippen molar-refractivity contribution in [2.75, 3.05) is 23.3 Å². The topological polar surface area (TPSA) is 100 Å². The fourth-order valence-electron chi connectivity index (χ4n) is 5.75. The van der Waals surface area contributed by atoms with Gasteiger partial charge in [0.05, 0.1) is 41.1 Å². The van der Waals surface area contributed by atoms with Crippen LogP contribution in [0.2, 0.25) is 0 Å². The first-order valence-electron chi connectivity index (χ1n) is 12.2. The van der Waals surface area contributed by atoms with E-state index in [1.807, 2.05) is 36.0 Å². The maximum absolute atomic E-state index is 14.1. The van der Waals surface area contributed by atoms with Crippen molar-refractivity contribution in [1.29, 1.82) is 0 Å². The number of alkyl halides is 2. The quantitative estimate of drug-likeness (QED) is 0.395. The van der Waals surface area contributed by atoms with Crippen LogP contribution < -0.4 is 20.9 Å². The first kappa shape index (κ1) is 22.1. The second-order valence-corrected chi connectivity index (χ2v) is 9.84. The summed E-state index contributed by atoms with van der Waals surface area (Å²) in [6, 6.07) is 7.25. The highest BCUT2D eigenvalue weighted by molar-refractivity contribution is 6.06. The third-order valence-corrected chi connectivity index (χ3v) is 7.43. The van der Waals surface area contributed by atoms with Crippen molar-refractivity contribution in [3.63, 3.8) is 0 Å². The number of halogens is 2. The van der Waals surface area contributed by atoms with E-state index in [2.05, 4.69) is 20.9 Å². The summed E-state index contributed by atoms with van der Waals surface area (Å²) >= 11 is 0. The molecule has 9 nitrogen and oxygen atoms in total. The Morgan fingerprint density at radius 1 is 1.16 bits per heavy atom. The van der Waals surface area contributed by atoms with Crippen LogP contribution in [0.5, 0.6) is 0 Å². The van der Waals surface area contributed by atoms with E-state index in [-0.39, 0.29) is 24.9 Å². The number of hydrogen-bond acceptors (Lipinski definition) is 7. The molecule has 3 N–H and O–H groups in total. The number of hydrogen-bond donors (Lipinski definition) is 3. The molecule has 0 spiro atoms. The van der Waals surface area contributed by atoms with Gasteiger partial charge in [-0.1, -0.05) is 0 Å². The number of amides is 1. The molecular weight excluding hydrogens is 478 g/mol. The molecule has 0 aliphatic carbocycles. The Morgan fingerprint density at radius 3 is 2.95 bits per heavy atom. The molecular formula is C26H24F2N8O. The predicted molar refractivity (Wildman–Crippen MR) is 135 cm³/mol. The summed E-state index contributed by atoms with van der Waals surface area (Å²) in [6.45, 7) is 1.03. The lowest BCUT2D eigenvalue weighted by Crippen LogP contribution is -2.35. The summed E-state index contributed by atoms with van der Waals surface area (Å²) in [6.07, 6.45) is 5.18. The number of anilines is 3. The van der Waals surface area contributed by atoms with Crippen molar-refractivity contribution >= 4 is 34.1 Å². The molecule has 1 unspecified atom stereocenters. The van der Waals surface area contributed by atoms with Gasteiger partial charge in [-0.25, -0.2) is 18.7 Å². The summed E-state index contributed by atoms with van der Waals surface area (Å²) in [5.41, 5.74) is 5.79. The Morgan fingerprint density at radius 2 is 2.05 bits per heavy atom. The van der Waals surface area contributed by atoms with Gasteiger partial charge in [0.25, 0.3) is 11.8 Å². The standard InChI is InChI=1S/C26H24F2N8O/c1-35-7-5-16-15(4-6-30-24(16)35)23-17-10-32-25(37)22(17)19(12-31-23)34-21-3-2-20-18(33-21)11-29-9-14-8-26(27,28)13-36(14)20/h2-7,12,14,29H,8-11,13H2,1H3,(H,32,37)(H,33,34). The zero-order valence-electron chi connectivity index (χ0n) is 20.1. The van der Waals surface area contributed by atoms with E-state index in [0.29, 0.717) is 42.4 Å². The van der Waals surface area contributed by atoms with Crippen molar-refractivity contribution in [2.45, 2.75) is 31.5 Å². The predicted octanol–water partition coefficient (Wildman–Crippen LogP) is 3.33. The van der Waals surface area contributed by atoms with Gasteiger partial charge in [0.2, 0.25) is 0 Å². The van der Waals surface area contributed by atoms with E-state index in [9.17, 15) is 13.6 Å². The van der Waals surface area contributed by atoms with E-state index >= 15 is 0 Å². The molecule has 4 aromatic heterocycles. The minimum atomic E-state index is -2.71. The van der Waals surface area contributed by atoms with E-state index in [1.165, 1.54) is 0 Å². The van der Waals surface area contributed by atoms with Crippen molar-refractivity contribution in [1.82, 2.24) is 30.2 Å². The highest BCUT2D eigenvalue weighted by Crippen LogP contribution is 2.39. The third kappa shape index (κ3) is 3.52. The van der Waals surface area contributed by atoms with Crippen LogP contribution >= 0.6 is 0 Å². The Hall–Kier alpha value is -4.12. The largest absolute Gasteiger partial charge is 0.359 e. The highest BCUT2D eigenvalue weighted by atomic mass is 19.3. The number of carbonyl (C=O) groups excluding carboxylic acids is 1. The zero-order chi connectivity index (χ0) is 25.3. The fraction of sp³-hybridized carbons (Fsp3) is 0.308. The normalized spacial score (nSPS) is 19.8. The summed E-state index contributed by atoms with van der Waals surface area (Å²) in [5.74, 6) is -2.37. The van der Waals surface area contributed by atoms with Gasteiger partial charge in [0, 0.05) is 68.1 Å². The SMILES string of the molecule is Cn1ccc2c(-c3ncc(Nc4ccc5c(n4)CNCC4CC(F)(F)CN54)c4c3CNC4=O)ccnc21. The van der Waals surface area contributed by atoms with Crippen LogP contribution in [0.25, 0.3) is 22.3 Å². The fourth-order valence-corrected chi connectivity index (χ4v) is 5.75. The first-order chi connectivity index (χ1) is 17.9. The van der Waals surface area contributed by atoms with Crippen LogP contribution in [0.15, 0.2) is 42.9 Å². The molecule has 3 aliphatic rings. The number of aromatic nitrogens is 4. The van der Waals surface area contributed by atoms with Crippen molar-refractivity contribution < 1.29 is 13.6 Å². The van der Waals surface area contributed by atoms with Crippen LogP contribution in [0.3, 0.4) is 0 Å². The molecule has 1 fully saturated rings. The summed E-state index contributed by atoms with van der Waals surface area (Å²) < 4.78 is 30.1. The molecule has 0 bridgehead atoms. The molecule has 0 radical (unpaired) electrons. The summed E-state index contributed by atoms with van der Waals surface area (Å²) in [7, 11) is 1.94. The molecule has 37 heavy (non-hydrogen) atoms. The zero-order valence-corrected chi connectivity index (χ0v) is 20.1. The van der Waals surface area contributed by atoms with Crippen LogP contribution in [0.1, 0.15) is 28.0 Å². The van der Waals surface area contributed by atoms with Crippen LogP contribution in [-0.2, 0) is 20.1 Å². The van der Waals surface area contributed by atoms with Gasteiger partial charge in [-0.3, -0.25) is 9.78 Å². The molecule has 3 aliphatic heterocycles. The molecule has 1 atom stereocenters. The van der Waals surface area contributed by atoms with Crippen LogP contribution in [0.4, 0.5) is 26.0 Å².